The molecule has 0 aliphatic carbocycles. The highest BCUT2D eigenvalue weighted by molar-refractivity contribution is 9.10. The van der Waals surface area contributed by atoms with Crippen molar-refractivity contribution in [3.05, 3.63) is 50.4 Å². The van der Waals surface area contributed by atoms with Crippen molar-refractivity contribution in [1.82, 2.24) is 5.32 Å². The normalized spacial score (nSPS) is 12.4. The first-order valence-corrected chi connectivity index (χ1v) is 8.14. The maximum atomic E-state index is 13.9. The van der Waals surface area contributed by atoms with Crippen LogP contribution in [0.1, 0.15) is 29.8 Å². The molecule has 0 saturated carbocycles. The fourth-order valence-electron chi connectivity index (χ4n) is 2.02. The molecule has 20 heavy (non-hydrogen) atoms. The molecule has 2 nitrogen and oxygen atoms in total. The van der Waals surface area contributed by atoms with Gasteiger partial charge in [0.25, 0.3) is 0 Å². The molecule has 2 rings (SSSR count). The van der Waals surface area contributed by atoms with E-state index in [1.54, 1.807) is 23.5 Å². The van der Waals surface area contributed by atoms with Crippen LogP contribution in [0.5, 0.6) is 5.75 Å². The van der Waals surface area contributed by atoms with Crippen molar-refractivity contribution in [2.45, 2.75) is 19.4 Å². The van der Waals surface area contributed by atoms with E-state index in [1.165, 1.54) is 7.11 Å². The lowest BCUT2D eigenvalue weighted by atomic mass is 10.0. The van der Waals surface area contributed by atoms with Crippen molar-refractivity contribution in [3.63, 3.8) is 0 Å². The molecule has 1 aromatic carbocycles. The van der Waals surface area contributed by atoms with Crippen molar-refractivity contribution < 1.29 is 9.13 Å². The lowest BCUT2D eigenvalue weighted by Crippen LogP contribution is -2.22. The van der Waals surface area contributed by atoms with Gasteiger partial charge in [0.15, 0.2) is 11.6 Å². The highest BCUT2D eigenvalue weighted by atomic mass is 79.9. The Bertz CT molecular complexity index is 573. The minimum absolute atomic E-state index is 0.00951. The number of methoxy groups -OCH3 is 1. The van der Waals surface area contributed by atoms with Gasteiger partial charge in [-0.15, -0.1) is 11.3 Å². The molecule has 0 spiro atoms. The van der Waals surface area contributed by atoms with Crippen LogP contribution in [0, 0.1) is 5.82 Å². The largest absolute Gasteiger partial charge is 0.494 e. The quantitative estimate of drug-likeness (QED) is 0.805. The zero-order valence-corrected chi connectivity index (χ0v) is 13.9. The minimum atomic E-state index is -0.332. The molecule has 0 saturated heterocycles. The SMILES string of the molecule is CCCNC(c1ccc(OC)c(F)c1)c1sccc1Br. The number of nitrogens with one attached hydrogen (secondary N) is 1. The monoisotopic (exact) mass is 357 g/mol. The van der Waals surface area contributed by atoms with Crippen LogP contribution in [0.4, 0.5) is 4.39 Å². The first-order chi connectivity index (χ1) is 9.67. The first kappa shape index (κ1) is 15.5. The first-order valence-electron chi connectivity index (χ1n) is 6.47. The average molecular weight is 358 g/mol. The van der Waals surface area contributed by atoms with E-state index < -0.39 is 0 Å². The van der Waals surface area contributed by atoms with Crippen LogP contribution in [0.15, 0.2) is 34.1 Å². The Kier molecular flexibility index (Phi) is 5.57. The van der Waals surface area contributed by atoms with Crippen LogP contribution >= 0.6 is 27.3 Å². The van der Waals surface area contributed by atoms with Gasteiger partial charge in [0.05, 0.1) is 13.2 Å². The Labute approximate surface area is 131 Å². The predicted molar refractivity (Wildman–Crippen MR) is 85.1 cm³/mol. The highest BCUT2D eigenvalue weighted by Crippen LogP contribution is 2.34. The Morgan fingerprint density at radius 2 is 2.20 bits per heavy atom. The van der Waals surface area contributed by atoms with Gasteiger partial charge >= 0.3 is 0 Å². The molecular formula is C15H17BrFNOS. The van der Waals surface area contributed by atoms with E-state index in [4.69, 9.17) is 4.74 Å². The van der Waals surface area contributed by atoms with Crippen LogP contribution in [0.25, 0.3) is 0 Å². The van der Waals surface area contributed by atoms with Crippen LogP contribution in [0.3, 0.4) is 0 Å². The van der Waals surface area contributed by atoms with E-state index in [9.17, 15) is 4.39 Å². The summed E-state index contributed by atoms with van der Waals surface area (Å²) >= 11 is 5.21. The van der Waals surface area contributed by atoms with Crippen molar-refractivity contribution in [2.75, 3.05) is 13.7 Å². The molecular weight excluding hydrogens is 341 g/mol. The molecule has 1 atom stereocenters. The maximum absolute atomic E-state index is 13.9. The van der Waals surface area contributed by atoms with Crippen molar-refractivity contribution in [2.24, 2.45) is 0 Å². The molecule has 5 heteroatoms. The van der Waals surface area contributed by atoms with Gasteiger partial charge in [-0.05, 0) is 58.0 Å². The van der Waals surface area contributed by atoms with Gasteiger partial charge in [0.1, 0.15) is 0 Å². The number of hydrogen-bond acceptors (Lipinski definition) is 3. The summed E-state index contributed by atoms with van der Waals surface area (Å²) in [6, 6.07) is 7.12. The molecule has 0 aliphatic heterocycles. The third-order valence-corrected chi connectivity index (χ3v) is 4.95. The second-order valence-electron chi connectivity index (χ2n) is 4.41. The summed E-state index contributed by atoms with van der Waals surface area (Å²) < 4.78 is 19.9. The smallest absolute Gasteiger partial charge is 0.165 e. The Balaban J connectivity index is 2.36. The van der Waals surface area contributed by atoms with Gasteiger partial charge in [0.2, 0.25) is 0 Å². The summed E-state index contributed by atoms with van der Waals surface area (Å²) in [5, 5.41) is 5.49. The van der Waals surface area contributed by atoms with E-state index in [0.717, 1.165) is 27.9 Å². The third kappa shape index (κ3) is 3.40. The molecule has 0 fully saturated rings. The van der Waals surface area contributed by atoms with Crippen LogP contribution in [0.2, 0.25) is 0 Å². The lowest BCUT2D eigenvalue weighted by molar-refractivity contribution is 0.385. The van der Waals surface area contributed by atoms with E-state index in [-0.39, 0.29) is 17.6 Å². The lowest BCUT2D eigenvalue weighted by Gasteiger charge is -2.19. The number of hydrogen-bond donors (Lipinski definition) is 1. The molecule has 1 N–H and O–H groups in total. The zero-order valence-electron chi connectivity index (χ0n) is 11.5. The van der Waals surface area contributed by atoms with E-state index >= 15 is 0 Å². The van der Waals surface area contributed by atoms with Gasteiger partial charge in [-0.2, -0.15) is 0 Å². The summed E-state index contributed by atoms with van der Waals surface area (Å²) in [5.41, 5.74) is 0.903. The Morgan fingerprint density at radius 1 is 1.40 bits per heavy atom. The molecule has 0 amide bonds. The molecule has 1 aromatic heterocycles. The second-order valence-corrected chi connectivity index (χ2v) is 6.22. The van der Waals surface area contributed by atoms with Crippen molar-refractivity contribution in [3.8, 4) is 5.75 Å². The van der Waals surface area contributed by atoms with Crippen molar-refractivity contribution in [1.29, 1.82) is 0 Å². The Hall–Kier alpha value is -0.910. The molecule has 2 aromatic rings. The second kappa shape index (κ2) is 7.20. The van der Waals surface area contributed by atoms with Gasteiger partial charge in [-0.3, -0.25) is 0 Å². The standard InChI is InChI=1S/C15H17BrFNOS/c1-3-7-18-14(15-11(16)6-8-20-15)10-4-5-13(19-2)12(17)9-10/h4-6,8-9,14,18H,3,7H2,1-2H3. The van der Waals surface area contributed by atoms with Crippen molar-refractivity contribution >= 4 is 27.3 Å². The van der Waals surface area contributed by atoms with E-state index in [1.807, 2.05) is 17.5 Å². The molecule has 108 valence electrons. The summed E-state index contributed by atoms with van der Waals surface area (Å²) in [7, 11) is 1.47. The summed E-state index contributed by atoms with van der Waals surface area (Å²) in [6.45, 7) is 2.99. The number of ether oxygens (including phenoxy) is 1. The molecule has 1 unspecified atom stereocenters. The summed E-state index contributed by atoms with van der Waals surface area (Å²) in [4.78, 5) is 1.16. The third-order valence-electron chi connectivity index (χ3n) is 3.01. The van der Waals surface area contributed by atoms with Gasteiger partial charge in [0, 0.05) is 9.35 Å². The molecule has 0 aliphatic rings. The number of benzene rings is 1. The summed E-state index contributed by atoms with van der Waals surface area (Å²) in [6.07, 6.45) is 1.03. The van der Waals surface area contributed by atoms with Crippen LogP contribution in [-0.2, 0) is 0 Å². The van der Waals surface area contributed by atoms with Gasteiger partial charge in [-0.25, -0.2) is 4.39 Å². The van der Waals surface area contributed by atoms with Crippen LogP contribution < -0.4 is 10.1 Å². The highest BCUT2D eigenvalue weighted by Gasteiger charge is 2.19. The van der Waals surface area contributed by atoms with E-state index in [2.05, 4.69) is 28.2 Å². The fraction of sp³-hybridized carbons (Fsp3) is 0.333. The predicted octanol–water partition coefficient (Wildman–Crippen LogP) is 4.75. The van der Waals surface area contributed by atoms with Crippen LogP contribution in [-0.4, -0.2) is 13.7 Å². The van der Waals surface area contributed by atoms with Gasteiger partial charge in [-0.1, -0.05) is 13.0 Å². The molecule has 0 radical (unpaired) electrons. The topological polar surface area (TPSA) is 21.3 Å². The molecule has 0 bridgehead atoms. The fourth-order valence-corrected chi connectivity index (χ4v) is 3.73. The number of halogens is 2. The van der Waals surface area contributed by atoms with E-state index in [0.29, 0.717) is 0 Å². The Morgan fingerprint density at radius 3 is 2.75 bits per heavy atom. The number of rotatable bonds is 6. The molecule has 1 heterocycles. The maximum Gasteiger partial charge on any atom is 0.165 e. The zero-order chi connectivity index (χ0) is 14.5. The number of thiophene rings is 1. The summed E-state index contributed by atoms with van der Waals surface area (Å²) in [5.74, 6) is -0.0609. The minimum Gasteiger partial charge on any atom is -0.494 e. The van der Waals surface area contributed by atoms with Gasteiger partial charge < -0.3 is 10.1 Å². The average Bonchev–Trinajstić information content (AvgIpc) is 2.86.